The number of carboxylic acids is 1. The number of hydrogen-bond acceptors (Lipinski definition) is 4. The fraction of sp³-hybridized carbons (Fsp3) is 0.857. The Morgan fingerprint density at radius 2 is 1.90 bits per heavy atom. The predicted molar refractivity (Wildman–Crippen MR) is 79.1 cm³/mol. The minimum Gasteiger partial charge on any atom is -0.480 e. The Morgan fingerprint density at radius 3 is 2.38 bits per heavy atom. The van der Waals surface area contributed by atoms with Crippen molar-refractivity contribution in [3.63, 3.8) is 0 Å². The third kappa shape index (κ3) is 5.17. The van der Waals surface area contributed by atoms with Gasteiger partial charge in [-0.1, -0.05) is 13.8 Å². The van der Waals surface area contributed by atoms with E-state index in [9.17, 15) is 19.8 Å². The SMILES string of the molecule is CC(C)CN(CCN(C)C)C(=O)N1CC(O)CC1C(=O)O. The lowest BCUT2D eigenvalue weighted by molar-refractivity contribution is -0.141. The normalized spacial score (nSPS) is 22.1. The van der Waals surface area contributed by atoms with Gasteiger partial charge in [0.2, 0.25) is 0 Å². The average Bonchev–Trinajstić information content (AvgIpc) is 2.75. The summed E-state index contributed by atoms with van der Waals surface area (Å²) in [6.45, 7) is 5.96. The Hall–Kier alpha value is -1.34. The molecular formula is C14H27N3O4. The number of urea groups is 1. The molecule has 0 aliphatic carbocycles. The van der Waals surface area contributed by atoms with Crippen LogP contribution in [0, 0.1) is 5.92 Å². The summed E-state index contributed by atoms with van der Waals surface area (Å²) < 4.78 is 0. The maximum absolute atomic E-state index is 12.6. The van der Waals surface area contributed by atoms with E-state index in [2.05, 4.69) is 0 Å². The number of carbonyl (C=O) groups is 2. The first-order valence-electron chi connectivity index (χ1n) is 7.33. The number of rotatable bonds is 6. The zero-order valence-electron chi connectivity index (χ0n) is 13.3. The van der Waals surface area contributed by atoms with E-state index in [-0.39, 0.29) is 19.0 Å². The van der Waals surface area contributed by atoms with Crippen molar-refractivity contribution in [2.45, 2.75) is 32.4 Å². The number of aliphatic hydroxyl groups is 1. The number of carboxylic acid groups (broad SMARTS) is 1. The zero-order valence-corrected chi connectivity index (χ0v) is 13.3. The molecule has 2 amide bonds. The van der Waals surface area contributed by atoms with Crippen LogP contribution in [0.5, 0.6) is 0 Å². The van der Waals surface area contributed by atoms with E-state index in [0.29, 0.717) is 25.6 Å². The van der Waals surface area contributed by atoms with Crippen LogP contribution in [0.4, 0.5) is 4.79 Å². The number of likely N-dealkylation sites (N-methyl/N-ethyl adjacent to an activating group) is 1. The van der Waals surface area contributed by atoms with Gasteiger partial charge in [-0.25, -0.2) is 9.59 Å². The van der Waals surface area contributed by atoms with Gasteiger partial charge in [-0.3, -0.25) is 0 Å². The quantitative estimate of drug-likeness (QED) is 0.729. The predicted octanol–water partition coefficient (Wildman–Crippen LogP) is 0.146. The van der Waals surface area contributed by atoms with Crippen LogP contribution in [0.2, 0.25) is 0 Å². The first-order chi connectivity index (χ1) is 9.72. The molecule has 1 saturated heterocycles. The third-order valence-corrected chi connectivity index (χ3v) is 3.48. The largest absolute Gasteiger partial charge is 0.480 e. The standard InChI is InChI=1S/C14H27N3O4/c1-10(2)8-16(6-5-15(3)4)14(21)17-9-11(18)7-12(17)13(19)20/h10-12,18H,5-9H2,1-4H3,(H,19,20). The van der Waals surface area contributed by atoms with Gasteiger partial charge in [0.05, 0.1) is 6.10 Å². The first kappa shape index (κ1) is 17.7. The Kier molecular flexibility index (Phi) is 6.42. The van der Waals surface area contributed by atoms with Crippen LogP contribution in [-0.4, -0.2) is 89.3 Å². The summed E-state index contributed by atoms with van der Waals surface area (Å²) >= 11 is 0. The summed E-state index contributed by atoms with van der Waals surface area (Å²) in [5.74, 6) is -0.760. The summed E-state index contributed by atoms with van der Waals surface area (Å²) in [7, 11) is 3.86. The molecule has 21 heavy (non-hydrogen) atoms. The van der Waals surface area contributed by atoms with Crippen LogP contribution in [0.25, 0.3) is 0 Å². The molecule has 0 aromatic heterocycles. The van der Waals surface area contributed by atoms with Gasteiger partial charge in [0, 0.05) is 32.6 Å². The van der Waals surface area contributed by atoms with E-state index in [0.717, 1.165) is 0 Å². The number of aliphatic carboxylic acids is 1. The molecule has 1 heterocycles. The van der Waals surface area contributed by atoms with Gasteiger partial charge in [-0.05, 0) is 20.0 Å². The summed E-state index contributed by atoms with van der Waals surface area (Å²) in [5.41, 5.74) is 0. The van der Waals surface area contributed by atoms with Crippen molar-refractivity contribution in [2.24, 2.45) is 5.92 Å². The molecule has 7 heteroatoms. The Labute approximate surface area is 126 Å². The molecule has 2 unspecified atom stereocenters. The second-order valence-corrected chi connectivity index (χ2v) is 6.32. The van der Waals surface area contributed by atoms with Gasteiger partial charge in [0.1, 0.15) is 6.04 Å². The van der Waals surface area contributed by atoms with Gasteiger partial charge in [-0.15, -0.1) is 0 Å². The molecule has 0 spiro atoms. The molecule has 122 valence electrons. The Bertz CT molecular complexity index is 373. The summed E-state index contributed by atoms with van der Waals surface area (Å²) in [6, 6.07) is -1.23. The van der Waals surface area contributed by atoms with Gasteiger partial charge < -0.3 is 24.9 Å². The maximum Gasteiger partial charge on any atom is 0.326 e. The van der Waals surface area contributed by atoms with E-state index >= 15 is 0 Å². The highest BCUT2D eigenvalue weighted by molar-refractivity contribution is 5.83. The number of β-amino-alcohol motifs (C(OH)–C–C–N with tert-alkyl or cyclic N) is 1. The van der Waals surface area contributed by atoms with Crippen molar-refractivity contribution in [1.29, 1.82) is 0 Å². The number of likely N-dealkylation sites (tertiary alicyclic amines) is 1. The van der Waals surface area contributed by atoms with Crippen molar-refractivity contribution in [2.75, 3.05) is 40.3 Å². The van der Waals surface area contributed by atoms with Crippen LogP contribution >= 0.6 is 0 Å². The lowest BCUT2D eigenvalue weighted by atomic mass is 10.2. The molecule has 0 aromatic carbocycles. The Balaban J connectivity index is 2.80. The topological polar surface area (TPSA) is 84.3 Å². The third-order valence-electron chi connectivity index (χ3n) is 3.48. The fourth-order valence-electron chi connectivity index (χ4n) is 2.47. The van der Waals surface area contributed by atoms with Gasteiger partial charge in [-0.2, -0.15) is 0 Å². The minimum atomic E-state index is -1.06. The smallest absolute Gasteiger partial charge is 0.326 e. The van der Waals surface area contributed by atoms with E-state index in [1.807, 2.05) is 32.8 Å². The molecule has 1 rings (SSSR count). The Morgan fingerprint density at radius 1 is 1.29 bits per heavy atom. The second kappa shape index (κ2) is 7.61. The molecule has 2 atom stereocenters. The van der Waals surface area contributed by atoms with Gasteiger partial charge >= 0.3 is 12.0 Å². The number of aliphatic hydroxyl groups excluding tert-OH is 1. The molecule has 2 N–H and O–H groups in total. The molecule has 1 aliphatic rings. The van der Waals surface area contributed by atoms with Gasteiger partial charge in [0.25, 0.3) is 0 Å². The van der Waals surface area contributed by atoms with Crippen LogP contribution in [0.1, 0.15) is 20.3 Å². The zero-order chi connectivity index (χ0) is 16.2. The second-order valence-electron chi connectivity index (χ2n) is 6.32. The summed E-state index contributed by atoms with van der Waals surface area (Å²) in [5, 5.41) is 18.9. The number of carbonyl (C=O) groups excluding carboxylic acids is 1. The van der Waals surface area contributed by atoms with Crippen molar-refractivity contribution < 1.29 is 19.8 Å². The fourth-order valence-corrected chi connectivity index (χ4v) is 2.47. The molecule has 0 saturated carbocycles. The van der Waals surface area contributed by atoms with Crippen molar-refractivity contribution in [3.8, 4) is 0 Å². The lowest BCUT2D eigenvalue weighted by Gasteiger charge is -2.32. The lowest BCUT2D eigenvalue weighted by Crippen LogP contribution is -2.50. The molecule has 0 radical (unpaired) electrons. The van der Waals surface area contributed by atoms with Crippen molar-refractivity contribution in [1.82, 2.24) is 14.7 Å². The molecule has 1 fully saturated rings. The molecule has 1 aliphatic heterocycles. The summed E-state index contributed by atoms with van der Waals surface area (Å²) in [6.07, 6.45) is -0.658. The highest BCUT2D eigenvalue weighted by Gasteiger charge is 2.40. The monoisotopic (exact) mass is 301 g/mol. The van der Waals surface area contributed by atoms with Crippen LogP contribution in [0.3, 0.4) is 0 Å². The minimum absolute atomic E-state index is 0.0896. The van der Waals surface area contributed by atoms with Crippen LogP contribution in [0.15, 0.2) is 0 Å². The number of amides is 2. The highest BCUT2D eigenvalue weighted by atomic mass is 16.4. The maximum atomic E-state index is 12.6. The number of nitrogens with zero attached hydrogens (tertiary/aromatic N) is 3. The molecule has 0 bridgehead atoms. The molecular weight excluding hydrogens is 274 g/mol. The van der Waals surface area contributed by atoms with E-state index in [4.69, 9.17) is 0 Å². The first-order valence-corrected chi connectivity index (χ1v) is 7.33. The van der Waals surface area contributed by atoms with Crippen molar-refractivity contribution >= 4 is 12.0 Å². The van der Waals surface area contributed by atoms with Crippen LogP contribution < -0.4 is 0 Å². The average molecular weight is 301 g/mol. The highest BCUT2D eigenvalue weighted by Crippen LogP contribution is 2.20. The van der Waals surface area contributed by atoms with Crippen molar-refractivity contribution in [3.05, 3.63) is 0 Å². The number of hydrogen-bond donors (Lipinski definition) is 2. The van der Waals surface area contributed by atoms with Gasteiger partial charge in [0.15, 0.2) is 0 Å². The van der Waals surface area contributed by atoms with E-state index < -0.39 is 18.1 Å². The molecule has 7 nitrogen and oxygen atoms in total. The van der Waals surface area contributed by atoms with Crippen LogP contribution in [-0.2, 0) is 4.79 Å². The van der Waals surface area contributed by atoms with E-state index in [1.54, 1.807) is 4.90 Å². The van der Waals surface area contributed by atoms with E-state index in [1.165, 1.54) is 4.90 Å². The molecule has 0 aromatic rings. The summed E-state index contributed by atoms with van der Waals surface area (Å²) in [4.78, 5) is 28.8.